The highest BCUT2D eigenvalue weighted by atomic mass is 79.9. The molecule has 0 radical (unpaired) electrons. The summed E-state index contributed by atoms with van der Waals surface area (Å²) in [6.45, 7) is 1.78. The molecule has 11 heavy (non-hydrogen) atoms. The topological polar surface area (TPSA) is 15.6 Å². The van der Waals surface area contributed by atoms with Crippen LogP contribution in [0.25, 0.3) is 0 Å². The highest BCUT2D eigenvalue weighted by Gasteiger charge is 2.21. The summed E-state index contributed by atoms with van der Waals surface area (Å²) in [5.74, 6) is 0.898. The number of rotatable bonds is 0. The van der Waals surface area contributed by atoms with Crippen LogP contribution < -0.4 is 0 Å². The van der Waals surface area contributed by atoms with Gasteiger partial charge < -0.3 is 4.90 Å². The summed E-state index contributed by atoms with van der Waals surface area (Å²) in [4.78, 5) is 6.30. The number of halogens is 2. The van der Waals surface area contributed by atoms with Crippen molar-refractivity contribution in [3.63, 3.8) is 0 Å². The number of aliphatic imine (C=N–C) groups is 1. The molecule has 0 unspecified atom stereocenters. The minimum atomic E-state index is 0.719. The van der Waals surface area contributed by atoms with E-state index in [1.807, 2.05) is 17.2 Å². The maximum absolute atomic E-state index is 5.93. The Morgan fingerprint density at radius 1 is 1.64 bits per heavy atom. The van der Waals surface area contributed by atoms with E-state index in [2.05, 4.69) is 20.9 Å². The standard InChI is InChI=1S/C7H6BrClN2/c8-5-3-6(9)7-10-1-2-11(7)4-5/h3-4H,1-2H2. The van der Waals surface area contributed by atoms with Gasteiger partial charge in [-0.2, -0.15) is 0 Å². The maximum atomic E-state index is 5.93. The lowest BCUT2D eigenvalue weighted by Crippen LogP contribution is -2.24. The van der Waals surface area contributed by atoms with Gasteiger partial charge in [0, 0.05) is 17.2 Å². The second-order valence-electron chi connectivity index (χ2n) is 2.40. The second kappa shape index (κ2) is 2.64. The summed E-state index contributed by atoms with van der Waals surface area (Å²) in [5.41, 5.74) is 0. The maximum Gasteiger partial charge on any atom is 0.146 e. The van der Waals surface area contributed by atoms with Gasteiger partial charge in [-0.25, -0.2) is 0 Å². The predicted octanol–water partition coefficient (Wildman–Crippen LogP) is 2.07. The highest BCUT2D eigenvalue weighted by Crippen LogP contribution is 2.24. The fraction of sp³-hybridized carbons (Fsp3) is 0.286. The molecule has 2 aliphatic rings. The Balaban J connectivity index is 2.40. The first-order chi connectivity index (χ1) is 5.27. The third-order valence-electron chi connectivity index (χ3n) is 1.63. The highest BCUT2D eigenvalue weighted by molar-refractivity contribution is 9.11. The van der Waals surface area contributed by atoms with Crippen molar-refractivity contribution in [1.29, 1.82) is 0 Å². The largest absolute Gasteiger partial charge is 0.329 e. The summed E-state index contributed by atoms with van der Waals surface area (Å²) < 4.78 is 1.00. The van der Waals surface area contributed by atoms with Crippen LogP contribution in [0.2, 0.25) is 0 Å². The van der Waals surface area contributed by atoms with Gasteiger partial charge in [0.1, 0.15) is 5.84 Å². The minimum Gasteiger partial charge on any atom is -0.329 e. The van der Waals surface area contributed by atoms with E-state index in [4.69, 9.17) is 11.6 Å². The molecule has 0 bridgehead atoms. The van der Waals surface area contributed by atoms with E-state index in [1.54, 1.807) is 0 Å². The number of hydrogen-bond acceptors (Lipinski definition) is 2. The summed E-state index contributed by atoms with van der Waals surface area (Å²) in [6.07, 6.45) is 3.86. The van der Waals surface area contributed by atoms with Gasteiger partial charge in [-0.05, 0) is 22.0 Å². The van der Waals surface area contributed by atoms with Crippen molar-refractivity contribution in [2.75, 3.05) is 13.1 Å². The number of hydrogen-bond donors (Lipinski definition) is 0. The Morgan fingerprint density at radius 3 is 3.27 bits per heavy atom. The van der Waals surface area contributed by atoms with Crippen molar-refractivity contribution < 1.29 is 0 Å². The Morgan fingerprint density at radius 2 is 2.45 bits per heavy atom. The van der Waals surface area contributed by atoms with Gasteiger partial charge in [-0.1, -0.05) is 11.6 Å². The van der Waals surface area contributed by atoms with Crippen LogP contribution in [-0.4, -0.2) is 23.8 Å². The normalized spacial score (nSPS) is 22.4. The first kappa shape index (κ1) is 7.37. The number of nitrogens with zero attached hydrogens (tertiary/aromatic N) is 2. The van der Waals surface area contributed by atoms with Gasteiger partial charge >= 0.3 is 0 Å². The average molecular weight is 233 g/mol. The minimum absolute atomic E-state index is 0.719. The SMILES string of the molecule is ClC1=CC(Br)=CN2CCN=C12. The lowest BCUT2D eigenvalue weighted by atomic mass is 10.3. The van der Waals surface area contributed by atoms with Crippen molar-refractivity contribution in [3.8, 4) is 0 Å². The molecule has 0 aromatic heterocycles. The molecular formula is C7H6BrClN2. The van der Waals surface area contributed by atoms with E-state index in [1.165, 1.54) is 0 Å². The zero-order valence-corrected chi connectivity index (χ0v) is 8.06. The Bertz CT molecular complexity index is 280. The molecule has 2 aliphatic heterocycles. The molecule has 0 saturated carbocycles. The second-order valence-corrected chi connectivity index (χ2v) is 3.73. The molecule has 0 spiro atoms. The molecule has 0 aromatic rings. The van der Waals surface area contributed by atoms with E-state index >= 15 is 0 Å². The molecule has 0 atom stereocenters. The molecule has 58 valence electrons. The Kier molecular flexibility index (Phi) is 1.77. The van der Waals surface area contributed by atoms with Gasteiger partial charge in [0.2, 0.25) is 0 Å². The van der Waals surface area contributed by atoms with Crippen molar-refractivity contribution in [1.82, 2.24) is 4.90 Å². The first-order valence-corrected chi connectivity index (χ1v) is 4.50. The van der Waals surface area contributed by atoms with Crippen LogP contribution in [0.3, 0.4) is 0 Å². The Labute approximate surface area is 78.4 Å². The Hall–Kier alpha value is -0.280. The molecule has 0 amide bonds. The van der Waals surface area contributed by atoms with Gasteiger partial charge in [-0.15, -0.1) is 0 Å². The van der Waals surface area contributed by atoms with Crippen molar-refractivity contribution in [3.05, 3.63) is 21.8 Å². The molecule has 2 rings (SSSR count). The van der Waals surface area contributed by atoms with Crippen LogP contribution in [0.15, 0.2) is 26.8 Å². The van der Waals surface area contributed by atoms with E-state index in [0.29, 0.717) is 0 Å². The van der Waals surface area contributed by atoms with Gasteiger partial charge in [-0.3, -0.25) is 4.99 Å². The monoisotopic (exact) mass is 232 g/mol. The van der Waals surface area contributed by atoms with Crippen LogP contribution in [0.4, 0.5) is 0 Å². The molecule has 0 saturated heterocycles. The van der Waals surface area contributed by atoms with Crippen molar-refractivity contribution in [2.45, 2.75) is 0 Å². The molecular weight excluding hydrogens is 227 g/mol. The summed E-state index contributed by atoms with van der Waals surface area (Å²) in [5, 5.41) is 0.719. The van der Waals surface area contributed by atoms with E-state index in [9.17, 15) is 0 Å². The van der Waals surface area contributed by atoms with Crippen LogP contribution in [0.5, 0.6) is 0 Å². The molecule has 2 nitrogen and oxygen atoms in total. The molecule has 4 heteroatoms. The lowest BCUT2D eigenvalue weighted by molar-refractivity contribution is 0.609. The summed E-state index contributed by atoms with van der Waals surface area (Å²) in [6, 6.07) is 0. The molecule has 2 heterocycles. The van der Waals surface area contributed by atoms with Crippen LogP contribution in [0.1, 0.15) is 0 Å². The van der Waals surface area contributed by atoms with Crippen molar-refractivity contribution >= 4 is 33.4 Å². The quantitative estimate of drug-likeness (QED) is 0.625. The molecule has 0 N–H and O–H groups in total. The van der Waals surface area contributed by atoms with Crippen LogP contribution in [-0.2, 0) is 0 Å². The number of allylic oxidation sites excluding steroid dienone is 2. The molecule has 0 fully saturated rings. The van der Waals surface area contributed by atoms with E-state index < -0.39 is 0 Å². The smallest absolute Gasteiger partial charge is 0.146 e. The van der Waals surface area contributed by atoms with Gasteiger partial charge in [0.05, 0.1) is 11.6 Å². The van der Waals surface area contributed by atoms with E-state index in [-0.39, 0.29) is 0 Å². The summed E-state index contributed by atoms with van der Waals surface area (Å²) >= 11 is 9.30. The predicted molar refractivity (Wildman–Crippen MR) is 50.0 cm³/mol. The third-order valence-corrected chi connectivity index (χ3v) is 2.34. The fourth-order valence-electron chi connectivity index (χ4n) is 1.17. The summed E-state index contributed by atoms with van der Waals surface area (Å²) in [7, 11) is 0. The zero-order valence-electron chi connectivity index (χ0n) is 5.72. The third kappa shape index (κ3) is 1.23. The fourth-order valence-corrected chi connectivity index (χ4v) is 2.06. The molecule has 0 aromatic carbocycles. The van der Waals surface area contributed by atoms with Crippen LogP contribution >= 0.6 is 27.5 Å². The first-order valence-electron chi connectivity index (χ1n) is 3.33. The van der Waals surface area contributed by atoms with Gasteiger partial charge in [0.25, 0.3) is 0 Å². The number of fused-ring (bicyclic) bond motifs is 1. The lowest BCUT2D eigenvalue weighted by Gasteiger charge is -2.18. The zero-order chi connectivity index (χ0) is 7.84. The molecule has 0 aliphatic carbocycles. The van der Waals surface area contributed by atoms with E-state index in [0.717, 1.165) is 28.4 Å². The van der Waals surface area contributed by atoms with Crippen molar-refractivity contribution in [2.24, 2.45) is 4.99 Å². The average Bonchev–Trinajstić information content (AvgIpc) is 2.34. The van der Waals surface area contributed by atoms with Gasteiger partial charge in [0.15, 0.2) is 0 Å². The van der Waals surface area contributed by atoms with Crippen LogP contribution in [0, 0.1) is 0 Å². The number of amidine groups is 1.